The number of imide groups is 1. The van der Waals surface area contributed by atoms with Crippen molar-refractivity contribution in [3.63, 3.8) is 0 Å². The number of carbonyl (C=O) groups excluding carboxylic acids is 3. The van der Waals surface area contributed by atoms with Gasteiger partial charge in [-0.1, -0.05) is 303 Å². The van der Waals surface area contributed by atoms with Crippen LogP contribution < -0.4 is 14.2 Å². The van der Waals surface area contributed by atoms with Crippen molar-refractivity contribution >= 4 is 28.6 Å². The van der Waals surface area contributed by atoms with E-state index in [0.717, 1.165) is 85.3 Å². The molecule has 1 heterocycles. The lowest BCUT2D eigenvalue weighted by Crippen LogP contribution is -2.41. The molecule has 3 N–H and O–H groups in total. The van der Waals surface area contributed by atoms with Crippen LogP contribution in [0.25, 0.3) is 10.8 Å². The number of amides is 2. The highest BCUT2D eigenvalue weighted by Crippen LogP contribution is 2.48. The number of esters is 1. The molecule has 12 aromatic carbocycles. The Hall–Kier alpha value is -11.8. The lowest BCUT2D eigenvalue weighted by molar-refractivity contribution is -0.117. The molecule has 1 aliphatic heterocycles. The van der Waals surface area contributed by atoms with E-state index in [1.807, 2.05) is 97.1 Å². The van der Waals surface area contributed by atoms with Crippen molar-refractivity contribution in [2.75, 3.05) is 26.4 Å². The van der Waals surface area contributed by atoms with Gasteiger partial charge in [0.15, 0.2) is 6.61 Å². The summed E-state index contributed by atoms with van der Waals surface area (Å²) in [6.45, 7) is 30.1. The monoisotopic (exact) mass is 1750 g/mol. The van der Waals surface area contributed by atoms with Crippen LogP contribution in [0, 0.1) is 23.7 Å². The van der Waals surface area contributed by atoms with Crippen LogP contribution in [-0.2, 0) is 38.4 Å². The molecule has 0 aromatic heterocycles. The first kappa shape index (κ1) is 100. The molecule has 0 radical (unpaired) electrons. The first-order valence-electron chi connectivity index (χ1n) is 47.3. The van der Waals surface area contributed by atoms with Gasteiger partial charge in [0.25, 0.3) is 11.8 Å². The molecule has 2 fully saturated rings. The zero-order chi connectivity index (χ0) is 92.7. The SMILES string of the molecule is CCC(C)c1ccc(O)cc1.CCC(C)c1ccc(O)cc1.CCC(C)c1ccc(O)cc1.CCC(C)c1ccc(OC(CN2C(=O)c3ccccc3C2=O)OCC2CC3CCC2C3)cc1.CCC(C)c1ccc(OC(COC(=O)c2ccccc2)OCc2cccc3ccccc23)cc1.CCC(C)c1ccc(OC(OCCc2ccccc2)C(C)Cc2ccccc2)cc1. The van der Waals surface area contributed by atoms with Crippen molar-refractivity contribution in [2.45, 2.75) is 228 Å². The summed E-state index contributed by atoms with van der Waals surface area (Å²) in [6.07, 6.45) is 12.0. The molecule has 2 amide bonds. The Morgan fingerprint density at radius 1 is 0.392 bits per heavy atom. The van der Waals surface area contributed by atoms with Crippen molar-refractivity contribution in [1.82, 2.24) is 4.90 Å². The van der Waals surface area contributed by atoms with Gasteiger partial charge in [-0.15, -0.1) is 0 Å². The third kappa shape index (κ3) is 31.2. The lowest BCUT2D eigenvalue weighted by Gasteiger charge is -2.27. The molecule has 2 saturated carbocycles. The highest BCUT2D eigenvalue weighted by Gasteiger charge is 2.41. The van der Waals surface area contributed by atoms with E-state index in [9.17, 15) is 14.4 Å². The largest absolute Gasteiger partial charge is 0.508 e. The van der Waals surface area contributed by atoms with Crippen LogP contribution in [-0.4, -0.2) is 83.2 Å². The number of ether oxygens (including phenoxy) is 7. The molecule has 12 aromatic rings. The first-order valence-corrected chi connectivity index (χ1v) is 47.3. The van der Waals surface area contributed by atoms with Crippen LogP contribution in [0.3, 0.4) is 0 Å². The maximum atomic E-state index is 12.9. The topological polar surface area (TPSA) is 180 Å². The predicted molar refractivity (Wildman–Crippen MR) is 527 cm³/mol. The Kier molecular flexibility index (Phi) is 40.7. The molecule has 13 unspecified atom stereocenters. The molecule has 15 rings (SSSR count). The van der Waals surface area contributed by atoms with Crippen LogP contribution >= 0.6 is 0 Å². The van der Waals surface area contributed by atoms with Gasteiger partial charge in [0.1, 0.15) is 34.5 Å². The average Bonchev–Trinajstić information content (AvgIpc) is 1.63. The van der Waals surface area contributed by atoms with Crippen molar-refractivity contribution in [3.05, 3.63) is 370 Å². The standard InChI is InChI=1S/C30H30O4.C28H33NO4.C28H34O2.3C10H14O/c1-3-22(2)23-16-18-27(19-17-23)34-29(21-33-30(31)25-11-5-4-6-12-25)32-20-26-14-9-13-24-10-7-8-15-28(24)26;1-3-18(2)20-10-12-23(13-11-20)33-26(32-17-22-15-19-8-9-21(22)14-19)16-29-27(30)24-6-4-5-7-25(24)28(29)31;1-4-22(2)26-15-17-27(18-16-26)30-28(23(3)21-25-13-9-6-10-14-25)29-20-19-24-11-7-5-8-12-24;3*1-3-8(2)9-4-6-10(11)7-5-9/h4-19,22,29H,3,20-21H2,1-2H3;4-7,10-13,18-19,21-22,26H,3,8-9,14-17H2,1-2H3;5-18,22-23,28H,4,19-21H2,1-3H3;3*4-8,11H,3H2,1-2H3. The van der Waals surface area contributed by atoms with Crippen molar-refractivity contribution < 1.29 is 62.9 Å². The average molecular weight is 1760 g/mol. The van der Waals surface area contributed by atoms with Gasteiger partial charge >= 0.3 is 5.97 Å². The third-order valence-corrected chi connectivity index (χ3v) is 25.8. The summed E-state index contributed by atoms with van der Waals surface area (Å²) in [7, 11) is 0. The fourth-order valence-electron chi connectivity index (χ4n) is 16.2. The molecule has 2 aliphatic carbocycles. The predicted octanol–water partition coefficient (Wildman–Crippen LogP) is 28.5. The fraction of sp³-hybridized carbons (Fsp3) is 0.371. The summed E-state index contributed by atoms with van der Waals surface area (Å²) in [5.41, 5.74) is 12.8. The summed E-state index contributed by atoms with van der Waals surface area (Å²) >= 11 is 0. The highest BCUT2D eigenvalue weighted by molar-refractivity contribution is 6.21. The molecular weight excluding hydrogens is 1620 g/mol. The van der Waals surface area contributed by atoms with E-state index in [-0.39, 0.29) is 37.2 Å². The van der Waals surface area contributed by atoms with Crippen LogP contribution in [0.2, 0.25) is 0 Å². The number of nitrogens with zero attached hydrogens (tertiary/aromatic N) is 1. The van der Waals surface area contributed by atoms with Gasteiger partial charge in [0.2, 0.25) is 18.9 Å². The Bertz CT molecular complexity index is 5100. The van der Waals surface area contributed by atoms with Crippen molar-refractivity contribution in [3.8, 4) is 34.5 Å². The van der Waals surface area contributed by atoms with Gasteiger partial charge in [-0.05, 0) is 282 Å². The number of hydrogen-bond donors (Lipinski definition) is 3. The number of fused-ring (bicyclic) bond motifs is 4. The van der Waals surface area contributed by atoms with Gasteiger partial charge in [0.05, 0.1) is 43.1 Å². The Morgan fingerprint density at radius 3 is 1.22 bits per heavy atom. The lowest BCUT2D eigenvalue weighted by atomic mass is 9.90. The van der Waals surface area contributed by atoms with Gasteiger partial charge in [-0.25, -0.2) is 4.79 Å². The van der Waals surface area contributed by atoms with E-state index < -0.39 is 18.5 Å². The van der Waals surface area contributed by atoms with Crippen LogP contribution in [0.15, 0.2) is 303 Å². The molecule has 13 atom stereocenters. The van der Waals surface area contributed by atoms with Crippen LogP contribution in [0.4, 0.5) is 0 Å². The molecule has 14 heteroatoms. The van der Waals surface area contributed by atoms with E-state index in [1.165, 1.54) is 75.1 Å². The molecule has 14 nitrogen and oxygen atoms in total. The van der Waals surface area contributed by atoms with Gasteiger partial charge < -0.3 is 48.5 Å². The van der Waals surface area contributed by atoms with Gasteiger partial charge in [-0.2, -0.15) is 0 Å². The summed E-state index contributed by atoms with van der Waals surface area (Å²) in [5, 5.41) is 29.3. The molecule has 0 spiro atoms. The first-order chi connectivity index (χ1) is 63.0. The minimum absolute atomic E-state index is 0.0222. The van der Waals surface area contributed by atoms with Crippen molar-refractivity contribution in [1.29, 1.82) is 0 Å². The van der Waals surface area contributed by atoms with E-state index in [1.54, 1.807) is 84.9 Å². The van der Waals surface area contributed by atoms with E-state index in [2.05, 4.69) is 211 Å². The summed E-state index contributed by atoms with van der Waals surface area (Å²) in [6, 6.07) is 98.1. The number of rotatable bonds is 36. The minimum atomic E-state index is -0.749. The molecule has 686 valence electrons. The van der Waals surface area contributed by atoms with Crippen molar-refractivity contribution in [2.24, 2.45) is 23.7 Å². The number of carbonyl (C=O) groups is 3. The van der Waals surface area contributed by atoms with E-state index in [0.29, 0.717) is 107 Å². The number of benzene rings is 12. The number of phenols is 3. The number of aromatic hydroxyl groups is 3. The van der Waals surface area contributed by atoms with Crippen LogP contribution in [0.5, 0.6) is 34.5 Å². The van der Waals surface area contributed by atoms with Crippen LogP contribution in [0.1, 0.15) is 271 Å². The fourth-order valence-corrected chi connectivity index (χ4v) is 16.2. The molecule has 3 aliphatic rings. The third-order valence-electron chi connectivity index (χ3n) is 25.8. The zero-order valence-corrected chi connectivity index (χ0v) is 78.8. The van der Waals surface area contributed by atoms with E-state index in [4.69, 9.17) is 48.5 Å². The molecule has 2 bridgehead atoms. The Balaban J connectivity index is 0.000000172. The maximum Gasteiger partial charge on any atom is 0.338 e. The minimum Gasteiger partial charge on any atom is -0.508 e. The molecule has 0 saturated heterocycles. The number of hydrogen-bond acceptors (Lipinski definition) is 13. The summed E-state index contributed by atoms with van der Waals surface area (Å²) < 4.78 is 42.8. The maximum absolute atomic E-state index is 12.9. The molecule has 130 heavy (non-hydrogen) atoms. The van der Waals surface area contributed by atoms with Gasteiger partial charge in [0, 0.05) is 5.92 Å². The Labute approximate surface area is 774 Å². The second-order valence-corrected chi connectivity index (χ2v) is 35.1. The Morgan fingerprint density at radius 2 is 0.785 bits per heavy atom. The summed E-state index contributed by atoms with van der Waals surface area (Å²) in [4.78, 5) is 39.6. The zero-order valence-electron chi connectivity index (χ0n) is 78.8. The normalized spacial score (nSPS) is 16.3. The molecular formula is C116H139NO13. The smallest absolute Gasteiger partial charge is 0.338 e. The number of phenolic OH excluding ortho intramolecular Hbond substituents is 3. The van der Waals surface area contributed by atoms with E-state index >= 15 is 0 Å². The quantitative estimate of drug-likeness (QED) is 0.0192. The second kappa shape index (κ2) is 52.7. The highest BCUT2D eigenvalue weighted by atomic mass is 16.7. The second-order valence-electron chi connectivity index (χ2n) is 35.1. The summed E-state index contributed by atoms with van der Waals surface area (Å²) in [5.74, 6) is 7.98. The van der Waals surface area contributed by atoms with Gasteiger partial charge in [-0.3, -0.25) is 14.5 Å².